The minimum atomic E-state index is -3.00. The van der Waals surface area contributed by atoms with E-state index in [0.29, 0.717) is 27.5 Å². The van der Waals surface area contributed by atoms with Gasteiger partial charge in [0, 0.05) is 22.0 Å². The summed E-state index contributed by atoms with van der Waals surface area (Å²) in [5.74, 6) is -0.464. The average Bonchev–Trinajstić information content (AvgIpc) is 2.64. The van der Waals surface area contributed by atoms with Gasteiger partial charge in [0.2, 0.25) is 0 Å². The number of rotatable bonds is 5. The van der Waals surface area contributed by atoms with Gasteiger partial charge in [-0.05, 0) is 49.8 Å². The average molecular weight is 438 g/mol. The van der Waals surface area contributed by atoms with Gasteiger partial charge in [0.1, 0.15) is 5.75 Å². The molecule has 0 saturated heterocycles. The Kier molecular flexibility index (Phi) is 6.34. The fourth-order valence-electron chi connectivity index (χ4n) is 3.07. The number of para-hydroxylation sites is 1. The van der Waals surface area contributed by atoms with Crippen molar-refractivity contribution >= 4 is 40.5 Å². The van der Waals surface area contributed by atoms with Crippen molar-refractivity contribution in [3.05, 3.63) is 69.9 Å². The third kappa shape index (κ3) is 4.83. The molecule has 9 heteroatoms. The van der Waals surface area contributed by atoms with Crippen molar-refractivity contribution in [3.63, 3.8) is 0 Å². The molecule has 1 unspecified atom stereocenters. The van der Waals surface area contributed by atoms with E-state index in [-0.39, 0.29) is 10.9 Å². The molecule has 0 radical (unpaired) electrons. The van der Waals surface area contributed by atoms with E-state index < -0.39 is 18.6 Å². The lowest BCUT2D eigenvalue weighted by Crippen LogP contribution is -2.46. The first-order valence-corrected chi connectivity index (χ1v) is 9.44. The Balaban J connectivity index is 2.01. The zero-order chi connectivity index (χ0) is 21.1. The van der Waals surface area contributed by atoms with Crippen LogP contribution in [0.3, 0.4) is 0 Å². The first kappa shape index (κ1) is 21.0. The maximum Gasteiger partial charge on any atom is 0.387 e. The van der Waals surface area contributed by atoms with Gasteiger partial charge < -0.3 is 20.7 Å². The SMILES string of the molecule is CC1=C(C(=O)Nc2cc(Cl)ccc2C)C(c2ccccc2OC(F)F)NC(=S)N1. The van der Waals surface area contributed by atoms with Gasteiger partial charge in [-0.2, -0.15) is 8.78 Å². The molecule has 2 aromatic carbocycles. The molecule has 0 saturated carbocycles. The highest BCUT2D eigenvalue weighted by Gasteiger charge is 2.32. The highest BCUT2D eigenvalue weighted by Crippen LogP contribution is 2.34. The highest BCUT2D eigenvalue weighted by molar-refractivity contribution is 7.80. The number of aryl methyl sites for hydroxylation is 1. The number of thiocarbonyl (C=S) groups is 1. The molecule has 1 aliphatic heterocycles. The molecular weight excluding hydrogens is 420 g/mol. The molecule has 0 bridgehead atoms. The van der Waals surface area contributed by atoms with Crippen LogP contribution in [0.5, 0.6) is 5.75 Å². The van der Waals surface area contributed by atoms with Crippen molar-refractivity contribution in [1.82, 2.24) is 10.6 Å². The van der Waals surface area contributed by atoms with Crippen molar-refractivity contribution in [1.29, 1.82) is 0 Å². The van der Waals surface area contributed by atoms with Gasteiger partial charge in [-0.1, -0.05) is 35.9 Å². The lowest BCUT2D eigenvalue weighted by molar-refractivity contribution is -0.113. The largest absolute Gasteiger partial charge is 0.434 e. The number of benzene rings is 2. The van der Waals surface area contributed by atoms with E-state index in [1.54, 1.807) is 43.3 Å². The molecule has 152 valence electrons. The standard InChI is InChI=1S/C20H18ClF2N3O2S/c1-10-7-8-12(21)9-14(10)25-18(27)16-11(2)24-20(29)26-17(16)13-5-3-4-6-15(13)28-19(22)23/h3-9,17,19H,1-2H3,(H,25,27)(H2,24,26,29). The van der Waals surface area contributed by atoms with Crippen LogP contribution in [-0.4, -0.2) is 17.6 Å². The van der Waals surface area contributed by atoms with Gasteiger partial charge in [-0.3, -0.25) is 4.79 Å². The van der Waals surface area contributed by atoms with E-state index in [1.165, 1.54) is 6.07 Å². The highest BCUT2D eigenvalue weighted by atomic mass is 35.5. The van der Waals surface area contributed by atoms with E-state index in [0.717, 1.165) is 5.56 Å². The summed E-state index contributed by atoms with van der Waals surface area (Å²) in [7, 11) is 0. The summed E-state index contributed by atoms with van der Waals surface area (Å²) in [6.45, 7) is 0.528. The Morgan fingerprint density at radius 1 is 1.24 bits per heavy atom. The number of hydrogen-bond donors (Lipinski definition) is 3. The van der Waals surface area contributed by atoms with E-state index >= 15 is 0 Å². The van der Waals surface area contributed by atoms with E-state index in [1.807, 2.05) is 6.92 Å². The topological polar surface area (TPSA) is 62.4 Å². The van der Waals surface area contributed by atoms with Crippen molar-refractivity contribution < 1.29 is 18.3 Å². The first-order chi connectivity index (χ1) is 13.8. The van der Waals surface area contributed by atoms with Crippen LogP contribution >= 0.6 is 23.8 Å². The number of carbonyl (C=O) groups excluding carboxylic acids is 1. The Bertz CT molecular complexity index is 997. The third-order valence-corrected chi connectivity index (χ3v) is 4.86. The van der Waals surface area contributed by atoms with Crippen molar-refractivity contribution in [2.45, 2.75) is 26.5 Å². The Morgan fingerprint density at radius 3 is 2.69 bits per heavy atom. The fraction of sp³-hybridized carbons (Fsp3) is 0.200. The van der Waals surface area contributed by atoms with Crippen LogP contribution in [0.2, 0.25) is 5.02 Å². The molecule has 2 aromatic rings. The second-order valence-electron chi connectivity index (χ2n) is 6.40. The number of ether oxygens (including phenoxy) is 1. The fourth-order valence-corrected chi connectivity index (χ4v) is 3.51. The molecule has 0 spiro atoms. The van der Waals surface area contributed by atoms with E-state index in [2.05, 4.69) is 20.7 Å². The zero-order valence-corrected chi connectivity index (χ0v) is 17.1. The molecule has 3 rings (SSSR count). The Morgan fingerprint density at radius 2 is 1.97 bits per heavy atom. The lowest BCUT2D eigenvalue weighted by atomic mass is 9.94. The molecule has 1 atom stereocenters. The predicted octanol–water partition coefficient (Wildman–Crippen LogP) is 4.68. The van der Waals surface area contributed by atoms with Gasteiger partial charge in [0.15, 0.2) is 5.11 Å². The number of alkyl halides is 2. The van der Waals surface area contributed by atoms with E-state index in [4.69, 9.17) is 23.8 Å². The van der Waals surface area contributed by atoms with Crippen LogP contribution in [0.25, 0.3) is 0 Å². The maximum atomic E-state index is 13.1. The molecule has 5 nitrogen and oxygen atoms in total. The number of hydrogen-bond acceptors (Lipinski definition) is 3. The molecule has 0 aliphatic carbocycles. The van der Waals surface area contributed by atoms with Crippen molar-refractivity contribution in [2.75, 3.05) is 5.32 Å². The second kappa shape index (κ2) is 8.75. The zero-order valence-electron chi connectivity index (χ0n) is 15.6. The maximum absolute atomic E-state index is 13.1. The van der Waals surface area contributed by atoms with Crippen LogP contribution in [0.4, 0.5) is 14.5 Å². The summed E-state index contributed by atoms with van der Waals surface area (Å²) >= 11 is 11.2. The number of halogens is 3. The van der Waals surface area contributed by atoms with Crippen molar-refractivity contribution in [3.8, 4) is 5.75 Å². The van der Waals surface area contributed by atoms with Crippen LogP contribution in [0, 0.1) is 6.92 Å². The summed E-state index contributed by atoms with van der Waals surface area (Å²) in [6.07, 6.45) is 0. The predicted molar refractivity (Wildman–Crippen MR) is 112 cm³/mol. The minimum Gasteiger partial charge on any atom is -0.434 e. The molecule has 0 fully saturated rings. The van der Waals surface area contributed by atoms with Crippen LogP contribution in [0.15, 0.2) is 53.7 Å². The van der Waals surface area contributed by atoms with Crippen molar-refractivity contribution in [2.24, 2.45) is 0 Å². The first-order valence-electron chi connectivity index (χ1n) is 8.65. The third-order valence-electron chi connectivity index (χ3n) is 4.41. The summed E-state index contributed by atoms with van der Waals surface area (Å²) < 4.78 is 30.4. The summed E-state index contributed by atoms with van der Waals surface area (Å²) in [5, 5.41) is 9.46. The normalized spacial score (nSPS) is 16.3. The Labute approximate surface area is 177 Å². The number of nitrogens with one attached hydrogen (secondary N) is 3. The van der Waals surface area contributed by atoms with Gasteiger partial charge in [-0.25, -0.2) is 0 Å². The van der Waals surface area contributed by atoms with E-state index in [9.17, 15) is 13.6 Å². The molecule has 1 amide bonds. The van der Waals surface area contributed by atoms with Gasteiger partial charge in [-0.15, -0.1) is 0 Å². The lowest BCUT2D eigenvalue weighted by Gasteiger charge is -2.31. The van der Waals surface area contributed by atoms with Crippen LogP contribution in [-0.2, 0) is 4.79 Å². The van der Waals surface area contributed by atoms with Crippen LogP contribution < -0.4 is 20.7 Å². The smallest absolute Gasteiger partial charge is 0.387 e. The van der Waals surface area contributed by atoms with Gasteiger partial charge >= 0.3 is 6.61 Å². The molecule has 1 aliphatic rings. The summed E-state index contributed by atoms with van der Waals surface area (Å²) in [4.78, 5) is 13.1. The molecule has 0 aromatic heterocycles. The molecule has 1 heterocycles. The number of anilines is 1. The Hall–Kier alpha value is -2.71. The van der Waals surface area contributed by atoms with Gasteiger partial charge in [0.25, 0.3) is 5.91 Å². The summed E-state index contributed by atoms with van der Waals surface area (Å²) in [6, 6.07) is 10.6. The summed E-state index contributed by atoms with van der Waals surface area (Å²) in [5.41, 5.74) is 2.54. The quantitative estimate of drug-likeness (QED) is 0.593. The monoisotopic (exact) mass is 437 g/mol. The van der Waals surface area contributed by atoms with Gasteiger partial charge in [0.05, 0.1) is 11.6 Å². The number of allylic oxidation sites excluding steroid dienone is 1. The minimum absolute atomic E-state index is 0.0401. The van der Waals surface area contributed by atoms with Crippen LogP contribution in [0.1, 0.15) is 24.1 Å². The molecule has 29 heavy (non-hydrogen) atoms. The number of carbonyl (C=O) groups is 1. The molecular formula is C20H18ClF2N3O2S. The molecule has 3 N–H and O–H groups in total. The second-order valence-corrected chi connectivity index (χ2v) is 7.24. The number of amides is 1.